The molecule has 1 aliphatic heterocycles. The highest BCUT2D eigenvalue weighted by Crippen LogP contribution is 2.13. The van der Waals surface area contributed by atoms with Crippen LogP contribution in [-0.2, 0) is 4.79 Å². The van der Waals surface area contributed by atoms with E-state index in [-0.39, 0.29) is 11.9 Å². The molecule has 0 bridgehead atoms. The SMILES string of the molecule is CC(N)C(=O)N1C[C@@H](C)N(C)[C@@H](C)C1. The van der Waals surface area contributed by atoms with Gasteiger partial charge in [-0.2, -0.15) is 0 Å². The van der Waals surface area contributed by atoms with Crippen LogP contribution in [0, 0.1) is 0 Å². The molecule has 0 aromatic carbocycles. The summed E-state index contributed by atoms with van der Waals surface area (Å²) in [7, 11) is 2.10. The molecule has 4 heteroatoms. The maximum absolute atomic E-state index is 11.7. The summed E-state index contributed by atoms with van der Waals surface area (Å²) in [5.41, 5.74) is 5.59. The molecule has 1 amide bonds. The fraction of sp³-hybridized carbons (Fsp3) is 0.900. The minimum atomic E-state index is -0.377. The van der Waals surface area contributed by atoms with Gasteiger partial charge in [0.05, 0.1) is 6.04 Å². The zero-order chi connectivity index (χ0) is 10.9. The van der Waals surface area contributed by atoms with Gasteiger partial charge in [0.2, 0.25) is 5.91 Å². The van der Waals surface area contributed by atoms with Gasteiger partial charge in [-0.25, -0.2) is 0 Å². The maximum atomic E-state index is 11.7. The summed E-state index contributed by atoms with van der Waals surface area (Å²) in [6.45, 7) is 7.60. The molecule has 1 saturated heterocycles. The molecule has 0 radical (unpaired) electrons. The summed E-state index contributed by atoms with van der Waals surface area (Å²) >= 11 is 0. The van der Waals surface area contributed by atoms with E-state index in [1.807, 2.05) is 4.90 Å². The van der Waals surface area contributed by atoms with Crippen molar-refractivity contribution in [1.82, 2.24) is 9.80 Å². The quantitative estimate of drug-likeness (QED) is 0.641. The van der Waals surface area contributed by atoms with Crippen molar-refractivity contribution in [1.29, 1.82) is 0 Å². The largest absolute Gasteiger partial charge is 0.338 e. The highest BCUT2D eigenvalue weighted by Gasteiger charge is 2.30. The highest BCUT2D eigenvalue weighted by molar-refractivity contribution is 5.81. The lowest BCUT2D eigenvalue weighted by molar-refractivity contribution is -0.136. The Labute approximate surface area is 86.0 Å². The standard InChI is InChI=1S/C10H21N3O/c1-7-5-13(10(14)9(3)11)6-8(2)12(7)4/h7-9H,5-6,11H2,1-4H3/t7-,8+,9?. The summed E-state index contributed by atoms with van der Waals surface area (Å²) in [5.74, 6) is 0.0665. The summed E-state index contributed by atoms with van der Waals surface area (Å²) in [4.78, 5) is 15.8. The van der Waals surface area contributed by atoms with E-state index in [1.165, 1.54) is 0 Å². The number of nitrogens with two attached hydrogens (primary N) is 1. The van der Waals surface area contributed by atoms with Gasteiger partial charge in [0.1, 0.15) is 0 Å². The van der Waals surface area contributed by atoms with E-state index in [2.05, 4.69) is 25.8 Å². The molecular weight excluding hydrogens is 178 g/mol. The van der Waals surface area contributed by atoms with E-state index in [1.54, 1.807) is 6.92 Å². The lowest BCUT2D eigenvalue weighted by Gasteiger charge is -2.42. The van der Waals surface area contributed by atoms with Gasteiger partial charge in [-0.1, -0.05) is 0 Å². The number of amides is 1. The predicted octanol–water partition coefficient (Wildman–Crippen LogP) is -0.115. The van der Waals surface area contributed by atoms with Gasteiger partial charge in [0.25, 0.3) is 0 Å². The smallest absolute Gasteiger partial charge is 0.239 e. The first-order chi connectivity index (χ1) is 6.43. The van der Waals surface area contributed by atoms with Gasteiger partial charge in [-0.05, 0) is 27.8 Å². The Bertz CT molecular complexity index is 205. The Morgan fingerprint density at radius 3 is 2.14 bits per heavy atom. The van der Waals surface area contributed by atoms with Crippen molar-refractivity contribution in [2.24, 2.45) is 5.73 Å². The molecule has 82 valence electrons. The second kappa shape index (κ2) is 4.28. The number of rotatable bonds is 1. The molecule has 1 unspecified atom stereocenters. The molecule has 1 aliphatic rings. The molecule has 1 fully saturated rings. The highest BCUT2D eigenvalue weighted by atomic mass is 16.2. The van der Waals surface area contributed by atoms with E-state index in [0.717, 1.165) is 13.1 Å². The van der Waals surface area contributed by atoms with Crippen LogP contribution < -0.4 is 5.73 Å². The van der Waals surface area contributed by atoms with Crippen molar-refractivity contribution in [2.45, 2.75) is 38.9 Å². The second-order valence-corrected chi connectivity index (χ2v) is 4.40. The Kier molecular flexibility index (Phi) is 3.50. The number of carbonyl (C=O) groups is 1. The molecule has 14 heavy (non-hydrogen) atoms. The van der Waals surface area contributed by atoms with Gasteiger partial charge in [0.15, 0.2) is 0 Å². The number of likely N-dealkylation sites (N-methyl/N-ethyl adjacent to an activating group) is 1. The van der Waals surface area contributed by atoms with E-state index in [9.17, 15) is 4.79 Å². The minimum absolute atomic E-state index is 0.0665. The third-order valence-corrected chi connectivity index (χ3v) is 3.06. The fourth-order valence-electron chi connectivity index (χ4n) is 1.87. The van der Waals surface area contributed by atoms with Crippen LogP contribution in [-0.4, -0.2) is 54.0 Å². The van der Waals surface area contributed by atoms with E-state index < -0.39 is 0 Å². The van der Waals surface area contributed by atoms with Crippen LogP contribution in [0.3, 0.4) is 0 Å². The molecule has 3 atom stereocenters. The van der Waals surface area contributed by atoms with E-state index in [4.69, 9.17) is 5.73 Å². The van der Waals surface area contributed by atoms with Gasteiger partial charge in [0, 0.05) is 25.2 Å². The van der Waals surface area contributed by atoms with E-state index in [0.29, 0.717) is 12.1 Å². The lowest BCUT2D eigenvalue weighted by Crippen LogP contribution is -2.58. The molecule has 1 heterocycles. The first kappa shape index (κ1) is 11.5. The molecule has 4 nitrogen and oxygen atoms in total. The molecule has 1 rings (SSSR count). The molecule has 0 aromatic rings. The van der Waals surface area contributed by atoms with Crippen molar-refractivity contribution in [3.8, 4) is 0 Å². The predicted molar refractivity (Wildman–Crippen MR) is 56.9 cm³/mol. The Balaban J connectivity index is 2.62. The maximum Gasteiger partial charge on any atom is 0.239 e. The van der Waals surface area contributed by atoms with Gasteiger partial charge >= 0.3 is 0 Å². The minimum Gasteiger partial charge on any atom is -0.338 e. The van der Waals surface area contributed by atoms with Crippen LogP contribution in [0.25, 0.3) is 0 Å². The lowest BCUT2D eigenvalue weighted by atomic mass is 10.1. The monoisotopic (exact) mass is 199 g/mol. The van der Waals surface area contributed by atoms with Crippen molar-refractivity contribution in [3.05, 3.63) is 0 Å². The molecule has 2 N–H and O–H groups in total. The fourth-order valence-corrected chi connectivity index (χ4v) is 1.87. The molecule has 0 aliphatic carbocycles. The van der Waals surface area contributed by atoms with Crippen LogP contribution in [0.1, 0.15) is 20.8 Å². The number of hydrogen-bond acceptors (Lipinski definition) is 3. The zero-order valence-electron chi connectivity index (χ0n) is 9.53. The van der Waals surface area contributed by atoms with Crippen molar-refractivity contribution in [3.63, 3.8) is 0 Å². The summed E-state index contributed by atoms with van der Waals surface area (Å²) in [6.07, 6.45) is 0. The second-order valence-electron chi connectivity index (χ2n) is 4.40. The average molecular weight is 199 g/mol. The van der Waals surface area contributed by atoms with Crippen molar-refractivity contribution >= 4 is 5.91 Å². The first-order valence-electron chi connectivity index (χ1n) is 5.19. The van der Waals surface area contributed by atoms with Crippen LogP contribution in [0.2, 0.25) is 0 Å². The molecule has 0 aromatic heterocycles. The van der Waals surface area contributed by atoms with Crippen LogP contribution >= 0.6 is 0 Å². The average Bonchev–Trinajstić information content (AvgIpc) is 2.12. The summed E-state index contributed by atoms with van der Waals surface area (Å²) in [6, 6.07) is 0.459. The van der Waals surface area contributed by atoms with Gasteiger partial charge in [-0.15, -0.1) is 0 Å². The van der Waals surface area contributed by atoms with Crippen LogP contribution in [0.4, 0.5) is 0 Å². The molecular formula is C10H21N3O. The Morgan fingerprint density at radius 2 is 1.79 bits per heavy atom. The van der Waals surface area contributed by atoms with E-state index >= 15 is 0 Å². The molecule has 0 saturated carbocycles. The normalized spacial score (nSPS) is 31.6. The first-order valence-corrected chi connectivity index (χ1v) is 5.19. The summed E-state index contributed by atoms with van der Waals surface area (Å²) < 4.78 is 0. The topological polar surface area (TPSA) is 49.6 Å². The van der Waals surface area contributed by atoms with Gasteiger partial charge < -0.3 is 10.6 Å². The number of nitrogens with zero attached hydrogens (tertiary/aromatic N) is 2. The molecule has 0 spiro atoms. The number of carbonyl (C=O) groups excluding carboxylic acids is 1. The zero-order valence-corrected chi connectivity index (χ0v) is 9.53. The third kappa shape index (κ3) is 2.25. The van der Waals surface area contributed by atoms with Crippen molar-refractivity contribution in [2.75, 3.05) is 20.1 Å². The number of hydrogen-bond donors (Lipinski definition) is 1. The Morgan fingerprint density at radius 1 is 1.36 bits per heavy atom. The Hall–Kier alpha value is -0.610. The van der Waals surface area contributed by atoms with Crippen molar-refractivity contribution < 1.29 is 4.79 Å². The van der Waals surface area contributed by atoms with Gasteiger partial charge in [-0.3, -0.25) is 9.69 Å². The number of piperazine rings is 1. The third-order valence-electron chi connectivity index (χ3n) is 3.06. The van der Waals surface area contributed by atoms with Crippen LogP contribution in [0.15, 0.2) is 0 Å². The summed E-state index contributed by atoms with van der Waals surface area (Å²) in [5, 5.41) is 0. The van der Waals surface area contributed by atoms with Crippen LogP contribution in [0.5, 0.6) is 0 Å².